The fourth-order valence-electron chi connectivity index (χ4n) is 8.27. The second kappa shape index (κ2) is 18.7. The smallest absolute Gasteiger partial charge is 0.293 e. The number of hydrogen-bond donors (Lipinski definition) is 3. The van der Waals surface area contributed by atoms with Crippen LogP contribution in [0.4, 0.5) is 25.8 Å². The first-order chi connectivity index (χ1) is 29.1. The number of benzene rings is 2. The third-order valence-corrected chi connectivity index (χ3v) is 13.3. The third kappa shape index (κ3) is 10.9. The zero-order chi connectivity index (χ0) is 43.3. The van der Waals surface area contributed by atoms with Crippen LogP contribution in [0.25, 0.3) is 11.0 Å². The number of nitro benzene ring substituents is 1. The molecule has 0 bridgehead atoms. The van der Waals surface area contributed by atoms with Gasteiger partial charge in [0.1, 0.15) is 22.8 Å². The molecular weight excluding hydrogens is 809 g/mol. The lowest BCUT2D eigenvalue weighted by molar-refractivity contribution is -0.384. The number of nitrogens with one attached hydrogen (secondary N) is 3. The van der Waals surface area contributed by atoms with E-state index in [1.54, 1.807) is 24.4 Å². The largest absolute Gasteiger partial charge is 0.455 e. The summed E-state index contributed by atoms with van der Waals surface area (Å²) in [6.45, 7) is 13.3. The van der Waals surface area contributed by atoms with E-state index in [2.05, 4.69) is 50.2 Å². The van der Waals surface area contributed by atoms with Crippen LogP contribution in [-0.4, -0.2) is 93.0 Å². The van der Waals surface area contributed by atoms with Gasteiger partial charge in [-0.2, -0.15) is 0 Å². The van der Waals surface area contributed by atoms with E-state index in [9.17, 15) is 32.1 Å². The molecule has 0 atom stereocenters. The fraction of sp³-hybridized carbons (Fsp3) is 0.455. The summed E-state index contributed by atoms with van der Waals surface area (Å²) in [6.07, 6.45) is 6.08. The van der Waals surface area contributed by atoms with Gasteiger partial charge in [0, 0.05) is 81.9 Å². The van der Waals surface area contributed by atoms with Gasteiger partial charge in [-0.1, -0.05) is 31.6 Å². The van der Waals surface area contributed by atoms with Crippen molar-refractivity contribution in [2.24, 2.45) is 11.3 Å². The van der Waals surface area contributed by atoms with E-state index >= 15 is 0 Å². The Labute approximate surface area is 354 Å². The molecule has 7 rings (SSSR count). The minimum absolute atomic E-state index is 0.0237. The van der Waals surface area contributed by atoms with Gasteiger partial charge >= 0.3 is 0 Å². The van der Waals surface area contributed by atoms with Crippen molar-refractivity contribution < 1.29 is 36.4 Å². The number of ether oxygens (including phenoxy) is 2. The van der Waals surface area contributed by atoms with Gasteiger partial charge < -0.3 is 24.7 Å². The number of carbonyl (C=O) groups excluding carboxylic acids is 1. The van der Waals surface area contributed by atoms with Crippen molar-refractivity contribution in [3.8, 4) is 11.5 Å². The molecule has 0 unspecified atom stereocenters. The van der Waals surface area contributed by atoms with Crippen molar-refractivity contribution in [2.75, 3.05) is 62.7 Å². The Hall–Kier alpha value is -5.39. The Morgan fingerprint density at radius 3 is 2.61 bits per heavy atom. The summed E-state index contributed by atoms with van der Waals surface area (Å²) in [5.74, 6) is -0.310. The summed E-state index contributed by atoms with van der Waals surface area (Å²) in [6, 6.07) is 12.0. The molecule has 0 radical (unpaired) electrons. The van der Waals surface area contributed by atoms with Crippen molar-refractivity contribution in [1.29, 1.82) is 0 Å². The van der Waals surface area contributed by atoms with Crippen molar-refractivity contribution in [3.63, 3.8) is 0 Å². The molecule has 14 nitrogen and oxygen atoms in total. The SMILES string of the molecule is C=C(CCC1=C(CN2CCN(c3ccc(C(=O)NS(=O)(=O)c4ccc(NCC5CCOCC5)c([N+](=O)[O-])c4)c(Oc4cnc5[nH]ccc5c4)c3)CC2)CCC(C)(C)C1)C(F)F. The molecular formula is C44H53F2N7O7S. The van der Waals surface area contributed by atoms with Crippen LogP contribution < -0.4 is 19.7 Å². The number of alkyl halides is 2. The maximum absolute atomic E-state index is 13.9. The number of H-pyrrole nitrogens is 1. The molecule has 0 spiro atoms. The zero-order valence-corrected chi connectivity index (χ0v) is 35.4. The van der Waals surface area contributed by atoms with Gasteiger partial charge in [0.15, 0.2) is 0 Å². The minimum Gasteiger partial charge on any atom is -0.455 e. The summed E-state index contributed by atoms with van der Waals surface area (Å²) >= 11 is 0. The number of aromatic amines is 1. The maximum atomic E-state index is 13.9. The van der Waals surface area contributed by atoms with E-state index in [0.717, 1.165) is 68.9 Å². The number of piperazine rings is 1. The Balaban J connectivity index is 1.08. The minimum atomic E-state index is -4.58. The Morgan fingerprint density at radius 1 is 1.10 bits per heavy atom. The van der Waals surface area contributed by atoms with Crippen LogP contribution in [0.2, 0.25) is 0 Å². The molecule has 4 aromatic rings. The number of nitro groups is 1. The van der Waals surface area contributed by atoms with E-state index in [4.69, 9.17) is 9.47 Å². The lowest BCUT2D eigenvalue weighted by atomic mass is 9.73. The lowest BCUT2D eigenvalue weighted by Gasteiger charge is -2.39. The number of anilines is 2. The first kappa shape index (κ1) is 43.7. The molecule has 2 aliphatic heterocycles. The molecule has 2 aromatic carbocycles. The molecule has 0 saturated carbocycles. The molecule has 17 heteroatoms. The standard InChI is InChI=1S/C44H53F2N7O7S/c1-29(41(45)46)4-5-32-25-44(2,3)14-10-33(32)28-51-16-18-52(19-17-51)34-6-8-37(40(23-34)60-35-22-31-11-15-47-42(31)49-27-35)43(54)50-61(57,58)36-7-9-38(39(24-36)53(55)56)48-26-30-12-20-59-21-13-30/h6-9,11,15,22-24,27,30,41,48H,1,4-5,10,12-14,16-21,25-26,28H2,2-3H3,(H,47,49)(H,50,54). The Morgan fingerprint density at radius 2 is 1.87 bits per heavy atom. The van der Waals surface area contributed by atoms with Crippen LogP contribution >= 0.6 is 0 Å². The molecule has 2 aromatic heterocycles. The van der Waals surface area contributed by atoms with E-state index in [1.807, 2.05) is 6.07 Å². The summed E-state index contributed by atoms with van der Waals surface area (Å²) in [7, 11) is -4.58. The van der Waals surface area contributed by atoms with Gasteiger partial charge in [-0.15, -0.1) is 0 Å². The Kier molecular flexibility index (Phi) is 13.4. The number of pyridine rings is 1. The van der Waals surface area contributed by atoms with Crippen LogP contribution in [0, 0.1) is 21.4 Å². The lowest BCUT2D eigenvalue weighted by Crippen LogP contribution is -2.47. The highest BCUT2D eigenvalue weighted by Gasteiger charge is 2.30. The quantitative estimate of drug-likeness (QED) is 0.0561. The molecule has 1 aliphatic carbocycles. The van der Waals surface area contributed by atoms with Gasteiger partial charge in [-0.25, -0.2) is 26.9 Å². The molecule has 3 aliphatic rings. The van der Waals surface area contributed by atoms with Crippen molar-refractivity contribution in [2.45, 2.75) is 70.1 Å². The number of amides is 1. The molecule has 2 fully saturated rings. The van der Waals surface area contributed by atoms with Gasteiger partial charge in [0.2, 0.25) is 0 Å². The van der Waals surface area contributed by atoms with Crippen molar-refractivity contribution in [3.05, 3.63) is 99.9 Å². The van der Waals surface area contributed by atoms with E-state index in [-0.39, 0.29) is 40.3 Å². The molecule has 61 heavy (non-hydrogen) atoms. The monoisotopic (exact) mass is 861 g/mol. The van der Waals surface area contributed by atoms with Crippen LogP contribution in [0.15, 0.2) is 89.1 Å². The molecule has 4 heterocycles. The maximum Gasteiger partial charge on any atom is 0.293 e. The number of sulfonamides is 1. The average Bonchev–Trinajstić information content (AvgIpc) is 3.71. The number of nitrogens with zero attached hydrogens (tertiary/aromatic N) is 4. The van der Waals surface area contributed by atoms with E-state index in [1.165, 1.54) is 35.5 Å². The summed E-state index contributed by atoms with van der Waals surface area (Å²) in [4.78, 5) is 36.8. The molecule has 326 valence electrons. The van der Waals surface area contributed by atoms with E-state index < -0.39 is 37.9 Å². The van der Waals surface area contributed by atoms with Crippen LogP contribution in [0.3, 0.4) is 0 Å². The van der Waals surface area contributed by atoms with Crippen molar-refractivity contribution >= 4 is 44.0 Å². The highest BCUT2D eigenvalue weighted by atomic mass is 32.2. The third-order valence-electron chi connectivity index (χ3n) is 11.9. The second-order valence-electron chi connectivity index (χ2n) is 16.9. The van der Waals surface area contributed by atoms with Crippen LogP contribution in [0.1, 0.15) is 69.2 Å². The van der Waals surface area contributed by atoms with Gasteiger partial charge in [-0.3, -0.25) is 19.8 Å². The number of aromatic nitrogens is 2. The average molecular weight is 862 g/mol. The predicted octanol–water partition coefficient (Wildman–Crippen LogP) is 8.45. The molecule has 2 saturated heterocycles. The summed E-state index contributed by atoms with van der Waals surface area (Å²) in [5.41, 5.74) is 3.76. The fourth-order valence-corrected chi connectivity index (χ4v) is 9.26. The highest BCUT2D eigenvalue weighted by Crippen LogP contribution is 2.41. The van der Waals surface area contributed by atoms with Crippen LogP contribution in [-0.2, 0) is 14.8 Å². The highest BCUT2D eigenvalue weighted by molar-refractivity contribution is 7.90. The molecule has 1 amide bonds. The number of rotatable bonds is 16. The van der Waals surface area contributed by atoms with Gasteiger partial charge in [0.25, 0.3) is 28.0 Å². The first-order valence-corrected chi connectivity index (χ1v) is 22.2. The summed E-state index contributed by atoms with van der Waals surface area (Å²) in [5, 5.41) is 15.9. The van der Waals surface area contributed by atoms with Crippen LogP contribution in [0.5, 0.6) is 11.5 Å². The molecule has 3 N–H and O–H groups in total. The zero-order valence-electron chi connectivity index (χ0n) is 34.6. The summed E-state index contributed by atoms with van der Waals surface area (Å²) < 4.78 is 67.5. The number of hydrogen-bond acceptors (Lipinski definition) is 11. The number of carbonyl (C=O) groups is 1. The number of fused-ring (bicyclic) bond motifs is 1. The van der Waals surface area contributed by atoms with Gasteiger partial charge in [0.05, 0.1) is 21.6 Å². The second-order valence-corrected chi connectivity index (χ2v) is 18.6. The number of halogens is 2. The predicted molar refractivity (Wildman–Crippen MR) is 230 cm³/mol. The number of allylic oxidation sites excluding steroid dienone is 2. The normalized spacial score (nSPS) is 17.8. The topological polar surface area (TPSA) is 172 Å². The van der Waals surface area contributed by atoms with Crippen molar-refractivity contribution in [1.82, 2.24) is 19.6 Å². The van der Waals surface area contributed by atoms with E-state index in [0.29, 0.717) is 50.7 Å². The first-order valence-electron chi connectivity index (χ1n) is 20.7. The van der Waals surface area contributed by atoms with Gasteiger partial charge in [-0.05, 0) is 98.2 Å². The Bertz CT molecular complexity index is 2410.